The van der Waals surface area contributed by atoms with Crippen LogP contribution in [0, 0.1) is 5.92 Å². The van der Waals surface area contributed by atoms with Gasteiger partial charge in [-0.1, -0.05) is 0 Å². The largest absolute Gasteiger partial charge is 0.493 e. The van der Waals surface area contributed by atoms with Gasteiger partial charge in [-0.25, -0.2) is 0 Å². The van der Waals surface area contributed by atoms with Crippen molar-refractivity contribution in [1.82, 2.24) is 10.2 Å². The molecule has 1 aliphatic heterocycles. The van der Waals surface area contributed by atoms with Gasteiger partial charge in [0.05, 0.1) is 21.3 Å². The Morgan fingerprint density at radius 3 is 2.29 bits per heavy atom. The van der Waals surface area contributed by atoms with Gasteiger partial charge in [-0.05, 0) is 57.0 Å². The molecule has 0 radical (unpaired) electrons. The monoisotopic (exact) mass is 394 g/mol. The van der Waals surface area contributed by atoms with Gasteiger partial charge in [-0.3, -0.25) is 9.69 Å². The maximum absolute atomic E-state index is 12.3. The third kappa shape index (κ3) is 6.27. The van der Waals surface area contributed by atoms with Crippen LogP contribution in [0.5, 0.6) is 17.2 Å². The number of methoxy groups -OCH3 is 3. The number of carbonyl (C=O) groups is 1. The molecule has 0 atom stereocenters. The van der Waals surface area contributed by atoms with E-state index in [0.29, 0.717) is 30.4 Å². The molecule has 0 aliphatic carbocycles. The highest BCUT2D eigenvalue weighted by Gasteiger charge is 2.25. The van der Waals surface area contributed by atoms with Crippen LogP contribution in [-0.2, 0) is 16.1 Å². The number of carbonyl (C=O) groups excluding carboxylic acids is 1. The Bertz CT molecular complexity index is 590. The van der Waals surface area contributed by atoms with Gasteiger partial charge in [0.2, 0.25) is 11.7 Å². The maximum Gasteiger partial charge on any atom is 0.223 e. The number of hydrogen-bond donors (Lipinski definition) is 1. The minimum absolute atomic E-state index is 0.100. The fraction of sp³-hybridized carbons (Fsp3) is 0.667. The van der Waals surface area contributed by atoms with Gasteiger partial charge in [0.15, 0.2) is 11.5 Å². The van der Waals surface area contributed by atoms with Crippen LogP contribution in [0.1, 0.15) is 31.7 Å². The molecule has 1 saturated heterocycles. The number of nitrogens with zero attached hydrogens (tertiary/aromatic N) is 1. The fourth-order valence-corrected chi connectivity index (χ4v) is 3.51. The summed E-state index contributed by atoms with van der Waals surface area (Å²) in [5, 5.41) is 3.03. The summed E-state index contributed by atoms with van der Waals surface area (Å²) >= 11 is 0. The van der Waals surface area contributed by atoms with Gasteiger partial charge < -0.3 is 24.3 Å². The molecule has 1 aromatic carbocycles. The Morgan fingerprint density at radius 1 is 1.11 bits per heavy atom. The first-order valence-electron chi connectivity index (χ1n) is 9.99. The van der Waals surface area contributed by atoms with Crippen LogP contribution >= 0.6 is 0 Å². The van der Waals surface area contributed by atoms with E-state index >= 15 is 0 Å². The first-order chi connectivity index (χ1) is 13.6. The summed E-state index contributed by atoms with van der Waals surface area (Å²) in [6.07, 6.45) is 2.61. The summed E-state index contributed by atoms with van der Waals surface area (Å²) in [4.78, 5) is 14.7. The van der Waals surface area contributed by atoms with Crippen LogP contribution in [0.3, 0.4) is 0 Å². The molecular weight excluding hydrogens is 360 g/mol. The number of nitrogens with one attached hydrogen (secondary N) is 1. The standard InChI is InChI=1S/C21H34N2O5/c1-5-28-12-6-9-22-21(24)17-7-10-23(11-8-17)15-16-13-18(25-2)20(27-4)19(14-16)26-3/h13-14,17H,5-12,15H2,1-4H3,(H,22,24). The van der Waals surface area contributed by atoms with Crippen LogP contribution in [0.2, 0.25) is 0 Å². The normalized spacial score (nSPS) is 15.3. The van der Waals surface area contributed by atoms with Crippen molar-refractivity contribution in [2.45, 2.75) is 32.7 Å². The van der Waals surface area contributed by atoms with Crippen LogP contribution < -0.4 is 19.5 Å². The van der Waals surface area contributed by atoms with Crippen molar-refractivity contribution in [2.24, 2.45) is 5.92 Å². The van der Waals surface area contributed by atoms with Gasteiger partial charge in [0.1, 0.15) is 0 Å². The lowest BCUT2D eigenvalue weighted by Gasteiger charge is -2.31. The van der Waals surface area contributed by atoms with Gasteiger partial charge in [0.25, 0.3) is 0 Å². The zero-order valence-corrected chi connectivity index (χ0v) is 17.6. The van der Waals surface area contributed by atoms with E-state index in [2.05, 4.69) is 10.2 Å². The highest BCUT2D eigenvalue weighted by atomic mass is 16.5. The minimum Gasteiger partial charge on any atom is -0.493 e. The van der Waals surface area contributed by atoms with Gasteiger partial charge in [-0.15, -0.1) is 0 Å². The molecular formula is C21H34N2O5. The second-order valence-electron chi connectivity index (χ2n) is 6.93. The zero-order chi connectivity index (χ0) is 20.4. The van der Waals surface area contributed by atoms with E-state index in [1.807, 2.05) is 19.1 Å². The number of likely N-dealkylation sites (tertiary alicyclic amines) is 1. The van der Waals surface area contributed by atoms with Crippen molar-refractivity contribution in [1.29, 1.82) is 0 Å². The first kappa shape index (κ1) is 22.3. The molecule has 158 valence electrons. The summed E-state index contributed by atoms with van der Waals surface area (Å²) in [6.45, 7) is 6.66. The van der Waals surface area contributed by atoms with Gasteiger partial charge >= 0.3 is 0 Å². The average Bonchev–Trinajstić information content (AvgIpc) is 2.73. The summed E-state index contributed by atoms with van der Waals surface area (Å²) in [7, 11) is 4.85. The number of rotatable bonds is 11. The van der Waals surface area contributed by atoms with Crippen LogP contribution in [0.25, 0.3) is 0 Å². The number of ether oxygens (including phenoxy) is 4. The molecule has 0 bridgehead atoms. The van der Waals surface area contributed by atoms with E-state index in [9.17, 15) is 4.79 Å². The van der Waals surface area contributed by atoms with E-state index in [-0.39, 0.29) is 11.8 Å². The quantitative estimate of drug-likeness (QED) is 0.582. The Morgan fingerprint density at radius 2 is 1.75 bits per heavy atom. The zero-order valence-electron chi connectivity index (χ0n) is 17.6. The molecule has 1 amide bonds. The van der Waals surface area contributed by atoms with Crippen LogP contribution in [0.4, 0.5) is 0 Å². The van der Waals surface area contributed by atoms with E-state index < -0.39 is 0 Å². The van der Waals surface area contributed by atoms with Crippen LogP contribution in [-0.4, -0.2) is 65.0 Å². The molecule has 2 rings (SSSR count). The van der Waals surface area contributed by atoms with Crippen molar-refractivity contribution < 1.29 is 23.7 Å². The predicted octanol–water partition coefficient (Wildman–Crippen LogP) is 2.47. The van der Waals surface area contributed by atoms with E-state index in [1.54, 1.807) is 21.3 Å². The molecule has 0 aromatic heterocycles. The van der Waals surface area contributed by atoms with Crippen LogP contribution in [0.15, 0.2) is 12.1 Å². The Balaban J connectivity index is 1.83. The average molecular weight is 395 g/mol. The highest BCUT2D eigenvalue weighted by Crippen LogP contribution is 2.38. The number of hydrogen-bond acceptors (Lipinski definition) is 6. The molecule has 1 fully saturated rings. The van der Waals surface area contributed by atoms with Crippen molar-refractivity contribution >= 4 is 5.91 Å². The maximum atomic E-state index is 12.3. The number of piperidine rings is 1. The molecule has 1 aromatic rings. The lowest BCUT2D eigenvalue weighted by molar-refractivity contribution is -0.126. The van der Waals surface area contributed by atoms with Crippen molar-refractivity contribution in [3.05, 3.63) is 17.7 Å². The Hall–Kier alpha value is -1.99. The fourth-order valence-electron chi connectivity index (χ4n) is 3.51. The highest BCUT2D eigenvalue weighted by molar-refractivity contribution is 5.78. The summed E-state index contributed by atoms with van der Waals surface area (Å²) in [5.74, 6) is 2.21. The Kier molecular flexibility index (Phi) is 9.37. The van der Waals surface area contributed by atoms with E-state index in [0.717, 1.165) is 51.1 Å². The second kappa shape index (κ2) is 11.8. The third-order valence-electron chi connectivity index (χ3n) is 5.06. The number of amides is 1. The molecule has 28 heavy (non-hydrogen) atoms. The van der Waals surface area contributed by atoms with Gasteiger partial charge in [0, 0.05) is 32.2 Å². The minimum atomic E-state index is 0.100. The molecule has 1 aliphatic rings. The van der Waals surface area contributed by atoms with Crippen molar-refractivity contribution in [3.63, 3.8) is 0 Å². The SMILES string of the molecule is CCOCCCNC(=O)C1CCN(Cc2cc(OC)c(OC)c(OC)c2)CC1. The predicted molar refractivity (Wildman–Crippen MR) is 108 cm³/mol. The molecule has 0 spiro atoms. The lowest BCUT2D eigenvalue weighted by Crippen LogP contribution is -2.40. The van der Waals surface area contributed by atoms with Crippen molar-refractivity contribution in [3.8, 4) is 17.2 Å². The molecule has 7 heteroatoms. The topological polar surface area (TPSA) is 69.3 Å². The smallest absolute Gasteiger partial charge is 0.223 e. The summed E-state index contributed by atoms with van der Waals surface area (Å²) in [6, 6.07) is 3.97. The first-order valence-corrected chi connectivity index (χ1v) is 9.99. The molecule has 0 unspecified atom stereocenters. The van der Waals surface area contributed by atoms with E-state index in [1.165, 1.54) is 0 Å². The number of benzene rings is 1. The summed E-state index contributed by atoms with van der Waals surface area (Å²) in [5.41, 5.74) is 1.10. The molecule has 7 nitrogen and oxygen atoms in total. The molecule has 0 saturated carbocycles. The second-order valence-corrected chi connectivity index (χ2v) is 6.93. The summed E-state index contributed by atoms with van der Waals surface area (Å²) < 4.78 is 21.5. The third-order valence-corrected chi connectivity index (χ3v) is 5.06. The van der Waals surface area contributed by atoms with E-state index in [4.69, 9.17) is 18.9 Å². The lowest BCUT2D eigenvalue weighted by atomic mass is 9.95. The Labute approximate surface area is 168 Å². The van der Waals surface area contributed by atoms with Crippen molar-refractivity contribution in [2.75, 3.05) is 54.2 Å². The molecule has 1 N–H and O–H groups in total. The van der Waals surface area contributed by atoms with Gasteiger partial charge in [-0.2, -0.15) is 0 Å². The molecule has 1 heterocycles.